The van der Waals surface area contributed by atoms with Crippen molar-refractivity contribution in [3.63, 3.8) is 0 Å². The van der Waals surface area contributed by atoms with Gasteiger partial charge in [0.25, 0.3) is 0 Å². The van der Waals surface area contributed by atoms with Crippen molar-refractivity contribution >= 4 is 23.5 Å². The molecule has 0 unspecified atom stereocenters. The molecule has 0 aromatic carbocycles. The molecular weight excluding hydrogens is 489 g/mol. The molecule has 0 radical (unpaired) electrons. The summed E-state index contributed by atoms with van der Waals surface area (Å²) >= 11 is 0. The Balaban J connectivity index is 1.17. The van der Waals surface area contributed by atoms with E-state index in [4.69, 9.17) is 9.72 Å². The van der Waals surface area contributed by atoms with Gasteiger partial charge in [0.15, 0.2) is 5.82 Å². The second-order valence-electron chi connectivity index (χ2n) is 11.1. The van der Waals surface area contributed by atoms with Crippen molar-refractivity contribution in [1.29, 1.82) is 0 Å². The summed E-state index contributed by atoms with van der Waals surface area (Å²) in [4.78, 5) is 21.4. The predicted octanol–water partition coefficient (Wildman–Crippen LogP) is 4.58. The second-order valence-corrected chi connectivity index (χ2v) is 11.1. The molecule has 2 aliphatic carbocycles. The van der Waals surface area contributed by atoms with E-state index in [1.165, 1.54) is 0 Å². The van der Waals surface area contributed by atoms with Crippen LogP contribution in [0.4, 0.5) is 21.0 Å². The number of alkyl carbamates (subject to hydrolysis) is 1. The third-order valence-corrected chi connectivity index (χ3v) is 7.27. The summed E-state index contributed by atoms with van der Waals surface area (Å²) in [6.07, 6.45) is 7.51. The standard InChI is InChI=1S/C26H32FN9O2/c1-15(2)13-35-14-16(12-29-35)18-11-22-28-8-9-36(22)24(30-18)31-21-10-19(33-34-21)17-4-5-20(23(17)27)38-25(37)32-26(3)6-7-26/h8-12,14-15,17,20,23H,4-7,13H2,1-3H3,(H,32,37)(H2,30,31,33,34)/t17-,20-,23-/m0/s1. The lowest BCUT2D eigenvalue weighted by Crippen LogP contribution is -2.38. The van der Waals surface area contributed by atoms with E-state index in [1.54, 1.807) is 18.5 Å². The number of hydrogen-bond donors (Lipinski definition) is 3. The smallest absolute Gasteiger partial charge is 0.407 e. The molecule has 4 heterocycles. The molecule has 11 nitrogen and oxygen atoms in total. The van der Waals surface area contributed by atoms with Gasteiger partial charge in [-0.3, -0.25) is 14.2 Å². The highest BCUT2D eigenvalue weighted by molar-refractivity contribution is 5.69. The average Bonchev–Trinajstić information content (AvgIpc) is 3.39. The normalized spacial score (nSPS) is 22.2. The Labute approximate surface area is 219 Å². The number of rotatable bonds is 8. The lowest BCUT2D eigenvalue weighted by molar-refractivity contribution is 0.0546. The molecule has 4 aromatic heterocycles. The van der Waals surface area contributed by atoms with Crippen LogP contribution in [0.5, 0.6) is 0 Å². The van der Waals surface area contributed by atoms with Gasteiger partial charge < -0.3 is 15.4 Å². The van der Waals surface area contributed by atoms with Gasteiger partial charge in [0.05, 0.1) is 11.9 Å². The van der Waals surface area contributed by atoms with Crippen LogP contribution in [0.3, 0.4) is 0 Å². The van der Waals surface area contributed by atoms with E-state index in [0.29, 0.717) is 36.2 Å². The number of halogens is 1. The fourth-order valence-electron chi connectivity index (χ4n) is 4.93. The van der Waals surface area contributed by atoms with Crippen LogP contribution in [0.15, 0.2) is 36.9 Å². The number of nitrogens with zero attached hydrogens (tertiary/aromatic N) is 6. The number of H-pyrrole nitrogens is 1. The highest BCUT2D eigenvalue weighted by Crippen LogP contribution is 2.39. The maximum atomic E-state index is 15.3. The van der Waals surface area contributed by atoms with Gasteiger partial charge in [0.2, 0.25) is 5.95 Å². The zero-order valence-electron chi connectivity index (χ0n) is 21.7. The summed E-state index contributed by atoms with van der Waals surface area (Å²) < 4.78 is 24.4. The first-order valence-electron chi connectivity index (χ1n) is 13.1. The van der Waals surface area contributed by atoms with Gasteiger partial charge in [0.1, 0.15) is 17.9 Å². The van der Waals surface area contributed by atoms with Crippen molar-refractivity contribution in [3.8, 4) is 11.3 Å². The van der Waals surface area contributed by atoms with Crippen LogP contribution in [0, 0.1) is 5.92 Å². The van der Waals surface area contributed by atoms with Crippen LogP contribution in [0.2, 0.25) is 0 Å². The molecule has 3 N–H and O–H groups in total. The van der Waals surface area contributed by atoms with Gasteiger partial charge in [-0.15, -0.1) is 0 Å². The zero-order chi connectivity index (χ0) is 26.4. The Morgan fingerprint density at radius 2 is 2.16 bits per heavy atom. The molecule has 200 valence electrons. The number of nitrogens with one attached hydrogen (secondary N) is 3. The summed E-state index contributed by atoms with van der Waals surface area (Å²) in [6, 6.07) is 3.69. The number of anilines is 2. The number of imidazole rings is 1. The first-order valence-corrected chi connectivity index (χ1v) is 13.1. The summed E-state index contributed by atoms with van der Waals surface area (Å²) in [5, 5.41) is 17.8. The number of amides is 1. The molecule has 0 bridgehead atoms. The highest BCUT2D eigenvalue weighted by Gasteiger charge is 2.43. The van der Waals surface area contributed by atoms with Crippen molar-refractivity contribution in [2.24, 2.45) is 5.92 Å². The van der Waals surface area contributed by atoms with Crippen molar-refractivity contribution in [3.05, 3.63) is 42.6 Å². The summed E-state index contributed by atoms with van der Waals surface area (Å²) in [5.41, 5.74) is 2.79. The molecule has 38 heavy (non-hydrogen) atoms. The van der Waals surface area contributed by atoms with Crippen LogP contribution >= 0.6 is 0 Å². The van der Waals surface area contributed by atoms with Gasteiger partial charge in [0, 0.05) is 60.0 Å². The fraction of sp³-hybridized carbons (Fsp3) is 0.500. The number of aromatic amines is 1. The van der Waals surface area contributed by atoms with Crippen LogP contribution in [-0.4, -0.2) is 58.3 Å². The minimum atomic E-state index is -1.31. The monoisotopic (exact) mass is 521 g/mol. The van der Waals surface area contributed by atoms with Gasteiger partial charge >= 0.3 is 6.09 Å². The molecule has 12 heteroatoms. The Morgan fingerprint density at radius 3 is 2.95 bits per heavy atom. The Hall–Kier alpha value is -3.96. The summed E-state index contributed by atoms with van der Waals surface area (Å²) in [7, 11) is 0. The van der Waals surface area contributed by atoms with Crippen molar-refractivity contribution in [2.75, 3.05) is 5.32 Å². The largest absolute Gasteiger partial charge is 0.443 e. The molecule has 4 aromatic rings. The fourth-order valence-corrected chi connectivity index (χ4v) is 4.93. The molecule has 6 rings (SSSR count). The molecule has 0 aliphatic heterocycles. The van der Waals surface area contributed by atoms with Gasteiger partial charge in [-0.2, -0.15) is 10.2 Å². The van der Waals surface area contributed by atoms with Gasteiger partial charge in [-0.25, -0.2) is 19.2 Å². The lowest BCUT2D eigenvalue weighted by Gasteiger charge is -2.19. The number of alkyl halides is 1. The van der Waals surface area contributed by atoms with Gasteiger partial charge in [-0.05, 0) is 38.5 Å². The lowest BCUT2D eigenvalue weighted by atomic mass is 10.0. The SMILES string of the molecule is CC(C)Cn1cc(-c2cc3nccn3c(Nc3cc([C@@H]4CC[C@H](OC(=O)NC5(C)CC5)[C@H]4F)[nH]n3)n2)cn1. The van der Waals surface area contributed by atoms with Crippen LogP contribution in [-0.2, 0) is 11.3 Å². The molecule has 2 saturated carbocycles. The Kier molecular flexibility index (Phi) is 6.04. The first kappa shape index (κ1) is 24.4. The quantitative estimate of drug-likeness (QED) is 0.310. The maximum Gasteiger partial charge on any atom is 0.407 e. The van der Waals surface area contributed by atoms with Gasteiger partial charge in [-0.1, -0.05) is 13.8 Å². The van der Waals surface area contributed by atoms with E-state index in [2.05, 4.69) is 44.8 Å². The highest BCUT2D eigenvalue weighted by atomic mass is 19.1. The zero-order valence-corrected chi connectivity index (χ0v) is 21.7. The second kappa shape index (κ2) is 9.41. The predicted molar refractivity (Wildman–Crippen MR) is 139 cm³/mol. The Morgan fingerprint density at radius 1 is 1.32 bits per heavy atom. The number of aromatic nitrogens is 7. The summed E-state index contributed by atoms with van der Waals surface area (Å²) in [5.74, 6) is 1.07. The van der Waals surface area contributed by atoms with Crippen molar-refractivity contribution in [1.82, 2.24) is 39.7 Å². The molecule has 0 spiro atoms. The van der Waals surface area contributed by atoms with E-state index < -0.39 is 24.3 Å². The maximum absolute atomic E-state index is 15.3. The van der Waals surface area contributed by atoms with E-state index in [9.17, 15) is 4.79 Å². The first-order chi connectivity index (χ1) is 18.3. The van der Waals surface area contributed by atoms with E-state index in [0.717, 1.165) is 36.3 Å². The molecule has 3 atom stereocenters. The van der Waals surface area contributed by atoms with E-state index >= 15 is 4.39 Å². The molecule has 2 fully saturated rings. The number of carbonyl (C=O) groups is 1. The van der Waals surface area contributed by atoms with E-state index in [1.807, 2.05) is 34.5 Å². The van der Waals surface area contributed by atoms with Crippen LogP contribution in [0.25, 0.3) is 16.9 Å². The molecular formula is C26H32FN9O2. The van der Waals surface area contributed by atoms with Crippen LogP contribution < -0.4 is 10.6 Å². The molecule has 0 saturated heterocycles. The molecule has 1 amide bonds. The number of ether oxygens (including phenoxy) is 1. The van der Waals surface area contributed by atoms with Crippen molar-refractivity contribution < 1.29 is 13.9 Å². The average molecular weight is 522 g/mol. The Bertz CT molecular complexity index is 1450. The minimum absolute atomic E-state index is 0.203. The topological polar surface area (TPSA) is 127 Å². The third-order valence-electron chi connectivity index (χ3n) is 7.27. The third kappa shape index (κ3) is 4.94. The molecule has 2 aliphatic rings. The number of carbonyl (C=O) groups excluding carboxylic acids is 1. The van der Waals surface area contributed by atoms with E-state index in [-0.39, 0.29) is 5.54 Å². The van der Waals surface area contributed by atoms with Crippen LogP contribution in [0.1, 0.15) is 58.1 Å². The number of fused-ring (bicyclic) bond motifs is 1. The minimum Gasteiger partial charge on any atom is -0.443 e. The summed E-state index contributed by atoms with van der Waals surface area (Å²) in [6.45, 7) is 7.07. The van der Waals surface area contributed by atoms with Crippen molar-refractivity contribution in [2.45, 2.75) is 76.7 Å². The number of hydrogen-bond acceptors (Lipinski definition) is 7.